The van der Waals surface area contributed by atoms with Gasteiger partial charge in [0.1, 0.15) is 12.4 Å². The van der Waals surface area contributed by atoms with Crippen molar-refractivity contribution >= 4 is 15.9 Å². The summed E-state index contributed by atoms with van der Waals surface area (Å²) in [4.78, 5) is 0. The van der Waals surface area contributed by atoms with E-state index in [-0.39, 0.29) is 12.4 Å². The van der Waals surface area contributed by atoms with Crippen LogP contribution in [0.1, 0.15) is 43.2 Å². The summed E-state index contributed by atoms with van der Waals surface area (Å²) in [5.41, 5.74) is 3.20. The van der Waals surface area contributed by atoms with E-state index in [1.165, 1.54) is 31.7 Å². The van der Waals surface area contributed by atoms with Crippen LogP contribution in [-0.4, -0.2) is 13.7 Å². The highest BCUT2D eigenvalue weighted by Crippen LogP contribution is 2.34. The summed E-state index contributed by atoms with van der Waals surface area (Å²) in [7, 11) is 1.62. The second-order valence-corrected chi connectivity index (χ2v) is 7.86. The number of methoxy groups -OCH3 is 1. The molecule has 0 radical (unpaired) electrons. The van der Waals surface area contributed by atoms with Crippen LogP contribution in [-0.2, 0) is 13.2 Å². The van der Waals surface area contributed by atoms with Gasteiger partial charge in [0.25, 0.3) is 0 Å². The molecule has 2 aromatic rings. The standard InChI is InChI=1S/C23H27BrFNO2/c1-27-22-13-19(15-26-12-11-17-7-3-2-4-8-17)20(24)14-23(22)28-16-18-9-5-6-10-21(18)25/h5-7,9-10,13-14,26H,2-4,8,11-12,15-16H2,1H3. The first-order valence-electron chi connectivity index (χ1n) is 9.78. The van der Waals surface area contributed by atoms with Gasteiger partial charge in [-0.2, -0.15) is 0 Å². The molecular formula is C23H27BrFNO2. The largest absolute Gasteiger partial charge is 0.493 e. The molecule has 0 heterocycles. The van der Waals surface area contributed by atoms with Crippen molar-refractivity contribution < 1.29 is 13.9 Å². The number of allylic oxidation sites excluding steroid dienone is 1. The maximum atomic E-state index is 13.8. The van der Waals surface area contributed by atoms with Gasteiger partial charge < -0.3 is 14.8 Å². The zero-order valence-corrected chi connectivity index (χ0v) is 17.9. The Balaban J connectivity index is 1.57. The van der Waals surface area contributed by atoms with E-state index in [0.717, 1.165) is 29.5 Å². The fourth-order valence-corrected chi connectivity index (χ4v) is 3.82. The molecule has 150 valence electrons. The van der Waals surface area contributed by atoms with Crippen LogP contribution >= 0.6 is 15.9 Å². The second kappa shape index (κ2) is 10.6. The molecule has 0 amide bonds. The van der Waals surface area contributed by atoms with Crippen molar-refractivity contribution in [1.82, 2.24) is 5.32 Å². The molecule has 0 bridgehead atoms. The van der Waals surface area contributed by atoms with E-state index in [1.54, 1.807) is 30.9 Å². The normalized spacial score (nSPS) is 13.9. The van der Waals surface area contributed by atoms with Crippen LogP contribution in [0, 0.1) is 5.82 Å². The van der Waals surface area contributed by atoms with Crippen LogP contribution in [0.3, 0.4) is 0 Å². The average molecular weight is 448 g/mol. The summed E-state index contributed by atoms with van der Waals surface area (Å²) in [5.74, 6) is 0.967. The Hall–Kier alpha value is -1.85. The van der Waals surface area contributed by atoms with Gasteiger partial charge >= 0.3 is 0 Å². The molecule has 0 aliphatic heterocycles. The van der Waals surface area contributed by atoms with Gasteiger partial charge in [0, 0.05) is 16.6 Å². The molecule has 0 saturated carbocycles. The van der Waals surface area contributed by atoms with Crippen LogP contribution in [0.15, 0.2) is 52.5 Å². The molecule has 0 atom stereocenters. The van der Waals surface area contributed by atoms with Crippen molar-refractivity contribution in [3.05, 3.63) is 69.5 Å². The van der Waals surface area contributed by atoms with Gasteiger partial charge in [-0.25, -0.2) is 4.39 Å². The molecule has 2 aromatic carbocycles. The number of nitrogens with one attached hydrogen (secondary N) is 1. The van der Waals surface area contributed by atoms with Gasteiger partial charge in [-0.3, -0.25) is 0 Å². The fourth-order valence-electron chi connectivity index (χ4n) is 3.36. The van der Waals surface area contributed by atoms with E-state index in [9.17, 15) is 4.39 Å². The predicted octanol–water partition coefficient (Wildman–Crippen LogP) is 6.16. The van der Waals surface area contributed by atoms with E-state index in [0.29, 0.717) is 17.1 Å². The van der Waals surface area contributed by atoms with Crippen LogP contribution in [0.2, 0.25) is 0 Å². The molecule has 5 heteroatoms. The Morgan fingerprint density at radius 2 is 1.96 bits per heavy atom. The lowest BCUT2D eigenvalue weighted by Crippen LogP contribution is -2.16. The van der Waals surface area contributed by atoms with E-state index in [2.05, 4.69) is 27.3 Å². The molecule has 0 aromatic heterocycles. The second-order valence-electron chi connectivity index (χ2n) is 7.01. The van der Waals surface area contributed by atoms with Crippen molar-refractivity contribution in [1.29, 1.82) is 0 Å². The van der Waals surface area contributed by atoms with E-state index >= 15 is 0 Å². The van der Waals surface area contributed by atoms with E-state index in [1.807, 2.05) is 12.1 Å². The first-order valence-corrected chi connectivity index (χ1v) is 10.6. The van der Waals surface area contributed by atoms with Gasteiger partial charge in [-0.05, 0) is 62.4 Å². The summed E-state index contributed by atoms with van der Waals surface area (Å²) in [5, 5.41) is 3.51. The highest BCUT2D eigenvalue weighted by molar-refractivity contribution is 9.10. The number of hydrogen-bond acceptors (Lipinski definition) is 3. The van der Waals surface area contributed by atoms with Crippen molar-refractivity contribution in [3.8, 4) is 11.5 Å². The first kappa shape index (κ1) is 20.9. The van der Waals surface area contributed by atoms with Gasteiger partial charge in [0.05, 0.1) is 7.11 Å². The number of ether oxygens (including phenoxy) is 2. The zero-order valence-electron chi connectivity index (χ0n) is 16.3. The topological polar surface area (TPSA) is 30.5 Å². The SMILES string of the molecule is COc1cc(CNCCC2=CCCCC2)c(Br)cc1OCc1ccccc1F. The van der Waals surface area contributed by atoms with Crippen LogP contribution in [0.5, 0.6) is 11.5 Å². The Kier molecular flexibility index (Phi) is 7.92. The van der Waals surface area contributed by atoms with Crippen LogP contribution in [0.25, 0.3) is 0 Å². The molecular weight excluding hydrogens is 421 g/mol. The maximum Gasteiger partial charge on any atom is 0.162 e. The minimum Gasteiger partial charge on any atom is -0.493 e. The monoisotopic (exact) mass is 447 g/mol. The number of rotatable bonds is 9. The zero-order chi connectivity index (χ0) is 19.8. The van der Waals surface area contributed by atoms with Crippen molar-refractivity contribution in [2.45, 2.75) is 45.3 Å². The summed E-state index contributed by atoms with van der Waals surface area (Å²) in [6.45, 7) is 1.87. The molecule has 0 spiro atoms. The van der Waals surface area contributed by atoms with Crippen LogP contribution < -0.4 is 14.8 Å². The first-order chi connectivity index (χ1) is 13.7. The third kappa shape index (κ3) is 5.82. The highest BCUT2D eigenvalue weighted by atomic mass is 79.9. The van der Waals surface area contributed by atoms with Crippen molar-refractivity contribution in [2.24, 2.45) is 0 Å². The summed E-state index contributed by atoms with van der Waals surface area (Å²) in [6, 6.07) is 10.5. The minimum atomic E-state index is -0.269. The van der Waals surface area contributed by atoms with Crippen molar-refractivity contribution in [3.63, 3.8) is 0 Å². The maximum absolute atomic E-state index is 13.8. The smallest absolute Gasteiger partial charge is 0.162 e. The lowest BCUT2D eigenvalue weighted by molar-refractivity contribution is 0.279. The van der Waals surface area contributed by atoms with Crippen molar-refractivity contribution in [2.75, 3.05) is 13.7 Å². The highest BCUT2D eigenvalue weighted by Gasteiger charge is 2.12. The summed E-state index contributed by atoms with van der Waals surface area (Å²) in [6.07, 6.45) is 8.63. The van der Waals surface area contributed by atoms with Gasteiger partial charge in [0.15, 0.2) is 11.5 Å². The molecule has 3 rings (SSSR count). The minimum absolute atomic E-state index is 0.155. The van der Waals surface area contributed by atoms with Gasteiger partial charge in [-0.1, -0.05) is 45.8 Å². The molecule has 0 saturated heterocycles. The summed E-state index contributed by atoms with van der Waals surface area (Å²) >= 11 is 3.62. The Morgan fingerprint density at radius 3 is 2.71 bits per heavy atom. The molecule has 1 aliphatic carbocycles. The summed E-state index contributed by atoms with van der Waals surface area (Å²) < 4.78 is 26.0. The average Bonchev–Trinajstić information content (AvgIpc) is 2.72. The molecule has 0 fully saturated rings. The Bertz CT molecular complexity index is 822. The van der Waals surface area contributed by atoms with Crippen LogP contribution in [0.4, 0.5) is 4.39 Å². The number of hydrogen-bond donors (Lipinski definition) is 1. The molecule has 28 heavy (non-hydrogen) atoms. The number of halogens is 2. The van der Waals surface area contributed by atoms with Gasteiger partial charge in [0.2, 0.25) is 0 Å². The molecule has 1 N–H and O–H groups in total. The lowest BCUT2D eigenvalue weighted by Gasteiger charge is -2.16. The quantitative estimate of drug-likeness (QED) is 0.368. The predicted molar refractivity (Wildman–Crippen MR) is 114 cm³/mol. The number of benzene rings is 2. The molecule has 3 nitrogen and oxygen atoms in total. The Morgan fingerprint density at radius 1 is 1.11 bits per heavy atom. The lowest BCUT2D eigenvalue weighted by atomic mass is 9.97. The third-order valence-corrected chi connectivity index (χ3v) is 5.74. The van der Waals surface area contributed by atoms with E-state index in [4.69, 9.17) is 9.47 Å². The fraction of sp³-hybridized carbons (Fsp3) is 0.391. The molecule has 0 unspecified atom stereocenters. The van der Waals surface area contributed by atoms with E-state index < -0.39 is 0 Å². The van der Waals surface area contributed by atoms with Gasteiger partial charge in [-0.15, -0.1) is 0 Å². The molecule has 1 aliphatic rings. The third-order valence-electron chi connectivity index (χ3n) is 5.00. The Labute approximate surface area is 175 Å².